The number of anilines is 2. The van der Waals surface area contributed by atoms with Crippen molar-refractivity contribution in [2.75, 3.05) is 15.8 Å². The van der Waals surface area contributed by atoms with Gasteiger partial charge in [-0.1, -0.05) is 13.0 Å². The third-order valence-corrected chi connectivity index (χ3v) is 4.28. The molecule has 0 fully saturated rings. The van der Waals surface area contributed by atoms with Crippen molar-refractivity contribution in [1.82, 2.24) is 4.98 Å². The summed E-state index contributed by atoms with van der Waals surface area (Å²) in [7, 11) is -3.31. The van der Waals surface area contributed by atoms with Crippen molar-refractivity contribution in [3.05, 3.63) is 54.4 Å². The lowest BCUT2D eigenvalue weighted by Gasteiger charge is -2.08. The van der Waals surface area contributed by atoms with E-state index in [-0.39, 0.29) is 11.7 Å². The van der Waals surface area contributed by atoms with Gasteiger partial charge in [0.15, 0.2) is 0 Å². The molecule has 0 radical (unpaired) electrons. The van der Waals surface area contributed by atoms with Crippen LogP contribution in [0.4, 0.5) is 11.4 Å². The Balaban J connectivity index is 2.02. The summed E-state index contributed by atoms with van der Waals surface area (Å²) < 4.78 is 25.8. The average Bonchev–Trinajstić information content (AvgIpc) is 2.49. The topological polar surface area (TPSA) is 88.2 Å². The molecule has 2 rings (SSSR count). The average molecular weight is 319 g/mol. The Kier molecular flexibility index (Phi) is 5.11. The van der Waals surface area contributed by atoms with Crippen LogP contribution in [-0.2, 0) is 10.0 Å². The number of sulfonamides is 1. The van der Waals surface area contributed by atoms with Crippen LogP contribution in [0.25, 0.3) is 0 Å². The van der Waals surface area contributed by atoms with Crippen LogP contribution in [0, 0.1) is 0 Å². The summed E-state index contributed by atoms with van der Waals surface area (Å²) in [6, 6.07) is 11.5. The Morgan fingerprint density at radius 3 is 2.36 bits per heavy atom. The molecule has 7 heteroatoms. The summed E-state index contributed by atoms with van der Waals surface area (Å²) in [4.78, 5) is 15.9. The van der Waals surface area contributed by atoms with Crippen molar-refractivity contribution in [3.8, 4) is 0 Å². The molecule has 0 atom stereocenters. The Hall–Kier alpha value is -2.41. The Bertz CT molecular complexity index is 728. The van der Waals surface area contributed by atoms with Gasteiger partial charge in [-0.25, -0.2) is 8.42 Å². The molecule has 2 N–H and O–H groups in total. The lowest BCUT2D eigenvalue weighted by atomic mass is 10.2. The highest BCUT2D eigenvalue weighted by atomic mass is 32.2. The van der Waals surface area contributed by atoms with Gasteiger partial charge in [-0.2, -0.15) is 0 Å². The SMILES string of the molecule is CCCS(=O)(=O)Nc1ccc(NC(=O)c2ccccn2)cc1. The molecule has 1 heterocycles. The number of nitrogens with zero attached hydrogens (tertiary/aromatic N) is 1. The Morgan fingerprint density at radius 2 is 1.77 bits per heavy atom. The van der Waals surface area contributed by atoms with E-state index in [1.807, 2.05) is 0 Å². The molecule has 0 saturated heterocycles. The second kappa shape index (κ2) is 7.04. The smallest absolute Gasteiger partial charge is 0.274 e. The number of benzene rings is 1. The van der Waals surface area contributed by atoms with E-state index in [2.05, 4.69) is 15.0 Å². The van der Waals surface area contributed by atoms with Gasteiger partial charge in [-0.05, 0) is 42.8 Å². The maximum absolute atomic E-state index is 11.9. The zero-order chi connectivity index (χ0) is 16.0. The first-order valence-electron chi connectivity index (χ1n) is 6.83. The second-order valence-corrected chi connectivity index (χ2v) is 6.51. The molecule has 1 amide bonds. The minimum absolute atomic E-state index is 0.0746. The summed E-state index contributed by atoms with van der Waals surface area (Å²) in [6.07, 6.45) is 2.09. The van der Waals surface area contributed by atoms with E-state index in [1.54, 1.807) is 55.6 Å². The highest BCUT2D eigenvalue weighted by Crippen LogP contribution is 2.15. The van der Waals surface area contributed by atoms with Gasteiger partial charge in [0.2, 0.25) is 10.0 Å². The van der Waals surface area contributed by atoms with Crippen LogP contribution in [0.15, 0.2) is 48.7 Å². The van der Waals surface area contributed by atoms with E-state index >= 15 is 0 Å². The van der Waals surface area contributed by atoms with Crippen LogP contribution >= 0.6 is 0 Å². The lowest BCUT2D eigenvalue weighted by Crippen LogP contribution is -2.16. The number of carbonyl (C=O) groups excluding carboxylic acids is 1. The van der Waals surface area contributed by atoms with Crippen LogP contribution in [0.2, 0.25) is 0 Å². The van der Waals surface area contributed by atoms with Gasteiger partial charge >= 0.3 is 0 Å². The minimum Gasteiger partial charge on any atom is -0.321 e. The number of hydrogen-bond acceptors (Lipinski definition) is 4. The van der Waals surface area contributed by atoms with Crippen LogP contribution in [0.5, 0.6) is 0 Å². The summed E-state index contributed by atoms with van der Waals surface area (Å²) in [5.74, 6) is -0.245. The third kappa shape index (κ3) is 4.56. The highest BCUT2D eigenvalue weighted by molar-refractivity contribution is 7.92. The molecular formula is C15H17N3O3S. The monoisotopic (exact) mass is 319 g/mol. The Morgan fingerprint density at radius 1 is 1.09 bits per heavy atom. The van der Waals surface area contributed by atoms with Gasteiger partial charge in [0.1, 0.15) is 5.69 Å². The molecule has 0 bridgehead atoms. The van der Waals surface area contributed by atoms with E-state index < -0.39 is 10.0 Å². The van der Waals surface area contributed by atoms with Crippen molar-refractivity contribution in [2.24, 2.45) is 0 Å². The molecule has 0 aliphatic carbocycles. The fourth-order valence-electron chi connectivity index (χ4n) is 1.81. The first kappa shape index (κ1) is 16.0. The van der Waals surface area contributed by atoms with Gasteiger partial charge in [0.05, 0.1) is 5.75 Å². The van der Waals surface area contributed by atoms with Gasteiger partial charge in [0.25, 0.3) is 5.91 Å². The van der Waals surface area contributed by atoms with Gasteiger partial charge < -0.3 is 5.32 Å². The van der Waals surface area contributed by atoms with E-state index in [4.69, 9.17) is 0 Å². The summed E-state index contributed by atoms with van der Waals surface area (Å²) in [6.45, 7) is 1.80. The number of hydrogen-bond donors (Lipinski definition) is 2. The third-order valence-electron chi connectivity index (χ3n) is 2.79. The molecule has 0 unspecified atom stereocenters. The van der Waals surface area contributed by atoms with Crippen molar-refractivity contribution >= 4 is 27.3 Å². The highest BCUT2D eigenvalue weighted by Gasteiger charge is 2.09. The van der Waals surface area contributed by atoms with E-state index in [9.17, 15) is 13.2 Å². The van der Waals surface area contributed by atoms with Crippen molar-refractivity contribution in [3.63, 3.8) is 0 Å². The fraction of sp³-hybridized carbons (Fsp3) is 0.200. The maximum atomic E-state index is 11.9. The first-order valence-corrected chi connectivity index (χ1v) is 8.48. The van der Waals surface area contributed by atoms with Crippen molar-refractivity contribution in [1.29, 1.82) is 0 Å². The summed E-state index contributed by atoms with van der Waals surface area (Å²) in [5.41, 5.74) is 1.34. The normalized spacial score (nSPS) is 11.0. The molecule has 1 aromatic heterocycles. The minimum atomic E-state index is -3.31. The number of carbonyl (C=O) groups is 1. The predicted octanol–water partition coefficient (Wildman–Crippen LogP) is 2.49. The molecule has 0 aliphatic rings. The first-order chi connectivity index (χ1) is 10.5. The maximum Gasteiger partial charge on any atom is 0.274 e. The van der Waals surface area contributed by atoms with E-state index in [1.165, 1.54) is 0 Å². The zero-order valence-corrected chi connectivity index (χ0v) is 12.9. The molecule has 116 valence electrons. The summed E-state index contributed by atoms with van der Waals surface area (Å²) in [5, 5.41) is 2.69. The fourth-order valence-corrected chi connectivity index (χ4v) is 2.95. The molecular weight excluding hydrogens is 302 g/mol. The quantitative estimate of drug-likeness (QED) is 0.856. The molecule has 2 aromatic rings. The standard InChI is InChI=1S/C15H17N3O3S/c1-2-11-22(20,21)18-13-8-6-12(7-9-13)17-15(19)14-5-3-4-10-16-14/h3-10,18H,2,11H2,1H3,(H,17,19). The van der Waals surface area contributed by atoms with Crippen LogP contribution in [0.3, 0.4) is 0 Å². The van der Waals surface area contributed by atoms with Crippen molar-refractivity contribution < 1.29 is 13.2 Å². The molecule has 0 aliphatic heterocycles. The second-order valence-electron chi connectivity index (χ2n) is 4.67. The largest absolute Gasteiger partial charge is 0.321 e. The van der Waals surface area contributed by atoms with Gasteiger partial charge in [-0.15, -0.1) is 0 Å². The number of nitrogens with one attached hydrogen (secondary N) is 2. The molecule has 0 saturated carbocycles. The van der Waals surface area contributed by atoms with Crippen LogP contribution in [0.1, 0.15) is 23.8 Å². The molecule has 1 aromatic carbocycles. The number of rotatable bonds is 6. The number of aromatic nitrogens is 1. The zero-order valence-electron chi connectivity index (χ0n) is 12.1. The van der Waals surface area contributed by atoms with Crippen LogP contribution in [-0.4, -0.2) is 25.1 Å². The van der Waals surface area contributed by atoms with Crippen LogP contribution < -0.4 is 10.0 Å². The molecule has 6 nitrogen and oxygen atoms in total. The van der Waals surface area contributed by atoms with Gasteiger partial charge in [-0.3, -0.25) is 14.5 Å². The molecule has 22 heavy (non-hydrogen) atoms. The summed E-state index contributed by atoms with van der Waals surface area (Å²) >= 11 is 0. The Labute approximate surface area is 129 Å². The molecule has 0 spiro atoms. The lowest BCUT2D eigenvalue weighted by molar-refractivity contribution is 0.102. The number of amides is 1. The predicted molar refractivity (Wildman–Crippen MR) is 86.3 cm³/mol. The van der Waals surface area contributed by atoms with Crippen molar-refractivity contribution in [2.45, 2.75) is 13.3 Å². The van der Waals surface area contributed by atoms with E-state index in [0.717, 1.165) is 0 Å². The van der Waals surface area contributed by atoms with Gasteiger partial charge in [0, 0.05) is 17.6 Å². The van der Waals surface area contributed by atoms with E-state index in [0.29, 0.717) is 23.5 Å². The number of pyridine rings is 1.